The number of rotatable bonds is 3. The Morgan fingerprint density at radius 1 is 1.64 bits per heavy atom. The first-order chi connectivity index (χ1) is 6.56. The molecular formula is C8H9FN2O3. The molecule has 5 nitrogen and oxygen atoms in total. The van der Waals surface area contributed by atoms with Crippen LogP contribution in [0.2, 0.25) is 0 Å². The number of aliphatic hydroxyl groups excluding tert-OH is 1. The molecule has 0 heterocycles. The number of halogens is 1. The van der Waals surface area contributed by atoms with Crippen molar-refractivity contribution >= 4 is 5.69 Å². The largest absolute Gasteiger partial charge is 0.394 e. The van der Waals surface area contributed by atoms with Crippen molar-refractivity contribution in [2.24, 2.45) is 5.73 Å². The summed E-state index contributed by atoms with van der Waals surface area (Å²) in [7, 11) is 0. The molecule has 0 bridgehead atoms. The van der Waals surface area contributed by atoms with Crippen molar-refractivity contribution in [2.75, 3.05) is 6.61 Å². The van der Waals surface area contributed by atoms with E-state index in [1.807, 2.05) is 0 Å². The summed E-state index contributed by atoms with van der Waals surface area (Å²) in [4.78, 5) is 9.44. The minimum absolute atomic E-state index is 0.329. The van der Waals surface area contributed by atoms with Gasteiger partial charge in [0.05, 0.1) is 17.6 Å². The van der Waals surface area contributed by atoms with Gasteiger partial charge in [-0.05, 0) is 11.6 Å². The first kappa shape index (κ1) is 10.6. The van der Waals surface area contributed by atoms with Gasteiger partial charge in [0.15, 0.2) is 0 Å². The Morgan fingerprint density at radius 3 is 2.71 bits per heavy atom. The van der Waals surface area contributed by atoms with Crippen LogP contribution in [0.5, 0.6) is 0 Å². The molecule has 1 aromatic carbocycles. The zero-order chi connectivity index (χ0) is 10.7. The van der Waals surface area contributed by atoms with Gasteiger partial charge in [0.1, 0.15) is 0 Å². The SMILES string of the molecule is N[C@@H](CO)c1ccc([N+](=O)[O-])c(F)c1. The van der Waals surface area contributed by atoms with Crippen LogP contribution in [0.15, 0.2) is 18.2 Å². The van der Waals surface area contributed by atoms with E-state index < -0.39 is 22.5 Å². The molecule has 0 saturated heterocycles. The lowest BCUT2D eigenvalue weighted by molar-refractivity contribution is -0.387. The normalized spacial score (nSPS) is 12.5. The molecule has 0 radical (unpaired) electrons. The zero-order valence-electron chi connectivity index (χ0n) is 7.18. The molecule has 1 rings (SSSR count). The molecule has 0 saturated carbocycles. The number of hydrogen-bond donors (Lipinski definition) is 2. The third kappa shape index (κ3) is 2.04. The van der Waals surface area contributed by atoms with Crippen LogP contribution in [0, 0.1) is 15.9 Å². The van der Waals surface area contributed by atoms with Gasteiger partial charge in [0, 0.05) is 6.07 Å². The van der Waals surface area contributed by atoms with Gasteiger partial charge in [-0.2, -0.15) is 4.39 Å². The molecule has 1 aromatic rings. The molecule has 0 spiro atoms. The lowest BCUT2D eigenvalue weighted by Crippen LogP contribution is -2.14. The highest BCUT2D eigenvalue weighted by Gasteiger charge is 2.15. The third-order valence-electron chi connectivity index (χ3n) is 1.79. The predicted octanol–water partition coefficient (Wildman–Crippen LogP) is 0.726. The maximum atomic E-state index is 13.0. The van der Waals surface area contributed by atoms with E-state index >= 15 is 0 Å². The van der Waals surface area contributed by atoms with Gasteiger partial charge in [0.2, 0.25) is 5.82 Å². The minimum atomic E-state index is -0.948. The van der Waals surface area contributed by atoms with Crippen LogP contribution in [-0.4, -0.2) is 16.6 Å². The van der Waals surface area contributed by atoms with Crippen LogP contribution >= 0.6 is 0 Å². The highest BCUT2D eigenvalue weighted by molar-refractivity contribution is 5.36. The number of hydrogen-bond acceptors (Lipinski definition) is 4. The topological polar surface area (TPSA) is 89.4 Å². The first-order valence-corrected chi connectivity index (χ1v) is 3.86. The second kappa shape index (κ2) is 4.12. The van der Waals surface area contributed by atoms with E-state index in [0.717, 1.165) is 12.1 Å². The third-order valence-corrected chi connectivity index (χ3v) is 1.79. The molecular weight excluding hydrogens is 191 g/mol. The molecule has 0 fully saturated rings. The summed E-state index contributed by atoms with van der Waals surface area (Å²) in [6.45, 7) is -0.336. The van der Waals surface area contributed by atoms with Crippen molar-refractivity contribution in [1.82, 2.24) is 0 Å². The molecule has 14 heavy (non-hydrogen) atoms. The molecule has 3 N–H and O–H groups in total. The summed E-state index contributed by atoms with van der Waals surface area (Å²) < 4.78 is 13.0. The average molecular weight is 200 g/mol. The van der Waals surface area contributed by atoms with Gasteiger partial charge in [0.25, 0.3) is 0 Å². The maximum absolute atomic E-state index is 13.0. The first-order valence-electron chi connectivity index (χ1n) is 3.86. The zero-order valence-corrected chi connectivity index (χ0v) is 7.18. The Kier molecular flexibility index (Phi) is 3.10. The molecule has 76 valence electrons. The number of nitrogens with zero attached hydrogens (tertiary/aromatic N) is 1. The Bertz CT molecular complexity index is 356. The fourth-order valence-electron chi connectivity index (χ4n) is 1.01. The molecule has 0 aliphatic rings. The van der Waals surface area contributed by atoms with E-state index in [2.05, 4.69) is 0 Å². The highest BCUT2D eigenvalue weighted by atomic mass is 19.1. The summed E-state index contributed by atoms with van der Waals surface area (Å²) >= 11 is 0. The summed E-state index contributed by atoms with van der Waals surface area (Å²) in [5.41, 5.74) is 5.13. The highest BCUT2D eigenvalue weighted by Crippen LogP contribution is 2.20. The second-order valence-corrected chi connectivity index (χ2v) is 2.76. The molecule has 6 heteroatoms. The van der Waals surface area contributed by atoms with E-state index in [-0.39, 0.29) is 6.61 Å². The maximum Gasteiger partial charge on any atom is 0.304 e. The van der Waals surface area contributed by atoms with Crippen LogP contribution < -0.4 is 5.73 Å². The van der Waals surface area contributed by atoms with E-state index in [9.17, 15) is 14.5 Å². The molecule has 0 amide bonds. The summed E-state index contributed by atoms with van der Waals surface area (Å²) in [5, 5.41) is 18.9. The van der Waals surface area contributed by atoms with E-state index in [1.54, 1.807) is 0 Å². The van der Waals surface area contributed by atoms with E-state index in [0.29, 0.717) is 5.56 Å². The number of nitrogens with two attached hydrogens (primary N) is 1. The van der Waals surface area contributed by atoms with Crippen LogP contribution in [-0.2, 0) is 0 Å². The summed E-state index contributed by atoms with van der Waals surface area (Å²) in [6, 6.07) is 2.59. The fourth-order valence-corrected chi connectivity index (χ4v) is 1.01. The van der Waals surface area contributed by atoms with Crippen molar-refractivity contribution in [3.63, 3.8) is 0 Å². The van der Waals surface area contributed by atoms with Crippen molar-refractivity contribution in [3.05, 3.63) is 39.7 Å². The Balaban J connectivity index is 3.06. The van der Waals surface area contributed by atoms with Crippen LogP contribution in [0.4, 0.5) is 10.1 Å². The second-order valence-electron chi connectivity index (χ2n) is 2.76. The van der Waals surface area contributed by atoms with Crippen LogP contribution in [0.25, 0.3) is 0 Å². The van der Waals surface area contributed by atoms with Crippen LogP contribution in [0.3, 0.4) is 0 Å². The quantitative estimate of drug-likeness (QED) is 0.555. The van der Waals surface area contributed by atoms with E-state index in [1.165, 1.54) is 6.07 Å². The Labute approximate surface area is 79.1 Å². The Hall–Kier alpha value is -1.53. The lowest BCUT2D eigenvalue weighted by Gasteiger charge is -2.07. The number of nitro benzene ring substituents is 1. The van der Waals surface area contributed by atoms with Gasteiger partial charge in [-0.15, -0.1) is 0 Å². The van der Waals surface area contributed by atoms with Crippen molar-refractivity contribution in [1.29, 1.82) is 0 Å². The number of aliphatic hydroxyl groups is 1. The van der Waals surface area contributed by atoms with Crippen LogP contribution in [0.1, 0.15) is 11.6 Å². The molecule has 0 unspecified atom stereocenters. The number of nitro groups is 1. The smallest absolute Gasteiger partial charge is 0.304 e. The van der Waals surface area contributed by atoms with Gasteiger partial charge in [-0.1, -0.05) is 6.07 Å². The molecule has 0 aliphatic carbocycles. The minimum Gasteiger partial charge on any atom is -0.394 e. The van der Waals surface area contributed by atoms with Crippen molar-refractivity contribution < 1.29 is 14.4 Å². The van der Waals surface area contributed by atoms with Gasteiger partial charge < -0.3 is 10.8 Å². The van der Waals surface area contributed by atoms with Gasteiger partial charge in [-0.25, -0.2) is 0 Å². The Morgan fingerprint density at radius 2 is 2.29 bits per heavy atom. The van der Waals surface area contributed by atoms with Gasteiger partial charge >= 0.3 is 5.69 Å². The fraction of sp³-hybridized carbons (Fsp3) is 0.250. The standard InChI is InChI=1S/C8H9FN2O3/c9-6-3-5(7(10)4-12)1-2-8(6)11(13)14/h1-3,7,12H,4,10H2/t7-/m0/s1. The molecule has 1 atom stereocenters. The van der Waals surface area contributed by atoms with E-state index in [4.69, 9.17) is 10.8 Å². The molecule has 0 aliphatic heterocycles. The van der Waals surface area contributed by atoms with Crippen molar-refractivity contribution in [2.45, 2.75) is 6.04 Å². The predicted molar refractivity (Wildman–Crippen MR) is 47.1 cm³/mol. The summed E-state index contributed by atoms with van der Waals surface area (Å²) in [5.74, 6) is -0.948. The average Bonchev–Trinajstić information content (AvgIpc) is 2.15. The number of benzene rings is 1. The summed E-state index contributed by atoms with van der Waals surface area (Å²) in [6.07, 6.45) is 0. The molecule has 0 aromatic heterocycles. The lowest BCUT2D eigenvalue weighted by atomic mass is 10.1. The van der Waals surface area contributed by atoms with Gasteiger partial charge in [-0.3, -0.25) is 10.1 Å². The van der Waals surface area contributed by atoms with Crippen molar-refractivity contribution in [3.8, 4) is 0 Å². The monoisotopic (exact) mass is 200 g/mol.